The topological polar surface area (TPSA) is 106 Å². The molecule has 1 atom stereocenters. The number of carbonyl (C=O) groups excluding carboxylic acids is 4. The van der Waals surface area contributed by atoms with Crippen molar-refractivity contribution in [3.05, 3.63) is 83.3 Å². The lowest BCUT2D eigenvalue weighted by Crippen LogP contribution is -2.49. The Bertz CT molecular complexity index is 1270. The molecule has 180 valence electrons. The summed E-state index contributed by atoms with van der Waals surface area (Å²) in [6, 6.07) is 14.7. The van der Waals surface area contributed by atoms with Crippen LogP contribution >= 0.6 is 11.8 Å². The van der Waals surface area contributed by atoms with Crippen LogP contribution in [-0.4, -0.2) is 47.4 Å². The molecular formula is C26H24N2O6S. The van der Waals surface area contributed by atoms with Crippen molar-refractivity contribution in [2.24, 2.45) is 0 Å². The number of carbonyl (C=O) groups is 4. The zero-order valence-electron chi connectivity index (χ0n) is 19.3. The highest BCUT2D eigenvalue weighted by atomic mass is 32.2. The lowest BCUT2D eigenvalue weighted by molar-refractivity contribution is -0.148. The van der Waals surface area contributed by atoms with Crippen LogP contribution in [0.15, 0.2) is 70.2 Å². The minimum atomic E-state index is -0.899. The number of hydrogen-bond acceptors (Lipinski definition) is 7. The van der Waals surface area contributed by atoms with Gasteiger partial charge in [-0.1, -0.05) is 30.3 Å². The molecule has 3 aromatic rings. The number of benzene rings is 2. The van der Waals surface area contributed by atoms with Crippen LogP contribution in [0.4, 0.5) is 5.69 Å². The first-order valence-electron chi connectivity index (χ1n) is 10.9. The number of rotatable bonds is 7. The summed E-state index contributed by atoms with van der Waals surface area (Å²) >= 11 is 1.43. The quantitative estimate of drug-likeness (QED) is 0.302. The third-order valence-electron chi connectivity index (χ3n) is 5.69. The Labute approximate surface area is 206 Å². The first-order chi connectivity index (χ1) is 16.9. The summed E-state index contributed by atoms with van der Waals surface area (Å²) in [6.45, 7) is 1.12. The SMILES string of the molecule is CSc1ccc(C(=O)COC(=O)[C@@H]2Cc3ccccc3CN2C(=O)c2ccco2)cc1NC(C)=O. The fourth-order valence-corrected chi connectivity index (χ4v) is 4.51. The third kappa shape index (κ3) is 5.46. The molecule has 0 saturated heterocycles. The summed E-state index contributed by atoms with van der Waals surface area (Å²) in [5.74, 6) is -1.65. The maximum absolute atomic E-state index is 13.1. The zero-order chi connectivity index (χ0) is 24.9. The van der Waals surface area contributed by atoms with Gasteiger partial charge in [0.1, 0.15) is 6.04 Å². The van der Waals surface area contributed by atoms with Crippen molar-refractivity contribution in [1.82, 2.24) is 4.90 Å². The van der Waals surface area contributed by atoms with Crippen molar-refractivity contribution < 1.29 is 28.3 Å². The Morgan fingerprint density at radius 2 is 1.86 bits per heavy atom. The van der Waals surface area contributed by atoms with Crippen LogP contribution in [0.3, 0.4) is 0 Å². The van der Waals surface area contributed by atoms with Gasteiger partial charge in [-0.25, -0.2) is 4.79 Å². The van der Waals surface area contributed by atoms with E-state index in [0.29, 0.717) is 11.3 Å². The van der Waals surface area contributed by atoms with E-state index in [9.17, 15) is 19.2 Å². The summed E-state index contributed by atoms with van der Waals surface area (Å²) in [6.07, 6.45) is 3.53. The monoisotopic (exact) mass is 492 g/mol. The van der Waals surface area contributed by atoms with Gasteiger partial charge in [0, 0.05) is 30.3 Å². The maximum atomic E-state index is 13.1. The predicted molar refractivity (Wildman–Crippen MR) is 130 cm³/mol. The molecular weight excluding hydrogens is 468 g/mol. The molecule has 1 aromatic heterocycles. The number of thioether (sulfide) groups is 1. The number of hydrogen-bond donors (Lipinski definition) is 1. The smallest absolute Gasteiger partial charge is 0.329 e. The van der Waals surface area contributed by atoms with Gasteiger partial charge in [-0.2, -0.15) is 0 Å². The van der Waals surface area contributed by atoms with Gasteiger partial charge >= 0.3 is 5.97 Å². The first-order valence-corrected chi connectivity index (χ1v) is 12.2. The molecule has 1 aliphatic heterocycles. The van der Waals surface area contributed by atoms with Crippen molar-refractivity contribution in [3.63, 3.8) is 0 Å². The van der Waals surface area contributed by atoms with E-state index >= 15 is 0 Å². The molecule has 35 heavy (non-hydrogen) atoms. The Morgan fingerprint density at radius 3 is 2.54 bits per heavy atom. The number of Topliss-reactive ketones (excluding diaryl/α,β-unsaturated/α-hetero) is 1. The molecule has 2 aromatic carbocycles. The second-order valence-electron chi connectivity index (χ2n) is 8.03. The highest BCUT2D eigenvalue weighted by Crippen LogP contribution is 2.28. The molecule has 0 unspecified atom stereocenters. The van der Waals surface area contributed by atoms with E-state index in [1.807, 2.05) is 30.5 Å². The van der Waals surface area contributed by atoms with Gasteiger partial charge in [0.2, 0.25) is 5.91 Å². The third-order valence-corrected chi connectivity index (χ3v) is 6.49. The average molecular weight is 493 g/mol. The van der Waals surface area contributed by atoms with Crippen molar-refractivity contribution in [3.8, 4) is 0 Å². The number of esters is 1. The molecule has 0 radical (unpaired) electrons. The fourth-order valence-electron chi connectivity index (χ4n) is 3.97. The number of furan rings is 1. The van der Waals surface area contributed by atoms with Crippen molar-refractivity contribution in [1.29, 1.82) is 0 Å². The normalized spacial score (nSPS) is 14.7. The maximum Gasteiger partial charge on any atom is 0.329 e. The minimum absolute atomic E-state index is 0.123. The standard InChI is InChI=1S/C26H24N2O6S/c1-16(29)27-20-12-18(9-10-24(20)35-2)22(30)15-34-26(32)21-13-17-6-3-4-7-19(17)14-28(21)25(31)23-8-5-11-33-23/h3-12,21H,13-15H2,1-2H3,(H,27,29)/t21-/m0/s1. The second-order valence-corrected chi connectivity index (χ2v) is 8.87. The van der Waals surface area contributed by atoms with Gasteiger partial charge in [0.25, 0.3) is 5.91 Å². The van der Waals surface area contributed by atoms with Crippen LogP contribution in [0.1, 0.15) is 39.0 Å². The largest absolute Gasteiger partial charge is 0.459 e. The van der Waals surface area contributed by atoms with Crippen molar-refractivity contribution in [2.45, 2.75) is 30.8 Å². The Morgan fingerprint density at radius 1 is 1.09 bits per heavy atom. The average Bonchev–Trinajstić information content (AvgIpc) is 3.40. The van der Waals surface area contributed by atoms with Crippen molar-refractivity contribution >= 4 is 41.0 Å². The van der Waals surface area contributed by atoms with E-state index in [2.05, 4.69) is 5.32 Å². The van der Waals surface area contributed by atoms with E-state index in [-0.39, 0.29) is 24.6 Å². The van der Waals surface area contributed by atoms with Crippen LogP contribution < -0.4 is 5.32 Å². The van der Waals surface area contributed by atoms with Gasteiger partial charge in [0.15, 0.2) is 18.2 Å². The van der Waals surface area contributed by atoms with Crippen LogP contribution in [0, 0.1) is 0 Å². The Kier molecular flexibility index (Phi) is 7.36. The van der Waals surface area contributed by atoms with Crippen LogP contribution in [-0.2, 0) is 27.3 Å². The number of amides is 2. The highest BCUT2D eigenvalue weighted by Gasteiger charge is 2.37. The van der Waals surface area contributed by atoms with Crippen LogP contribution in [0.5, 0.6) is 0 Å². The predicted octanol–water partition coefficient (Wildman–Crippen LogP) is 3.95. The van der Waals surface area contributed by atoms with Crippen LogP contribution in [0.2, 0.25) is 0 Å². The lowest BCUT2D eigenvalue weighted by atomic mass is 9.93. The summed E-state index contributed by atoms with van der Waals surface area (Å²) < 4.78 is 10.6. The van der Waals surface area contributed by atoms with Crippen molar-refractivity contribution in [2.75, 3.05) is 18.2 Å². The molecule has 0 bridgehead atoms. The van der Waals surface area contributed by atoms with Gasteiger partial charge in [0.05, 0.1) is 12.0 Å². The fraction of sp³-hybridized carbons (Fsp3) is 0.231. The lowest BCUT2D eigenvalue weighted by Gasteiger charge is -2.34. The first kappa shape index (κ1) is 24.3. The molecule has 0 fully saturated rings. The number of nitrogens with zero attached hydrogens (tertiary/aromatic N) is 1. The number of ether oxygens (including phenoxy) is 1. The molecule has 9 heteroatoms. The molecule has 0 spiro atoms. The summed E-state index contributed by atoms with van der Waals surface area (Å²) in [4.78, 5) is 52.6. The summed E-state index contributed by atoms with van der Waals surface area (Å²) in [7, 11) is 0. The van der Waals surface area contributed by atoms with Gasteiger partial charge in [-0.05, 0) is 41.6 Å². The van der Waals surface area contributed by atoms with E-state index in [1.165, 1.54) is 29.8 Å². The van der Waals surface area contributed by atoms with Gasteiger partial charge in [-0.3, -0.25) is 14.4 Å². The van der Waals surface area contributed by atoms with E-state index in [4.69, 9.17) is 9.15 Å². The molecule has 2 heterocycles. The minimum Gasteiger partial charge on any atom is -0.459 e. The summed E-state index contributed by atoms with van der Waals surface area (Å²) in [5.41, 5.74) is 2.70. The Balaban J connectivity index is 1.50. The molecule has 4 rings (SSSR count). The second kappa shape index (κ2) is 10.6. The number of fused-ring (bicyclic) bond motifs is 1. The molecule has 8 nitrogen and oxygen atoms in total. The number of anilines is 1. The van der Waals surface area contributed by atoms with Crippen LogP contribution in [0.25, 0.3) is 0 Å². The Hall–Kier alpha value is -3.85. The molecule has 0 aliphatic carbocycles. The zero-order valence-corrected chi connectivity index (χ0v) is 20.1. The number of nitrogens with one attached hydrogen (secondary N) is 1. The van der Waals surface area contributed by atoms with Gasteiger partial charge < -0.3 is 19.4 Å². The van der Waals surface area contributed by atoms with Gasteiger partial charge in [-0.15, -0.1) is 11.8 Å². The van der Waals surface area contributed by atoms with E-state index < -0.39 is 30.3 Å². The summed E-state index contributed by atoms with van der Waals surface area (Å²) in [5, 5.41) is 2.70. The number of ketones is 1. The molecule has 1 N–H and O–H groups in total. The molecule has 1 aliphatic rings. The van der Waals surface area contributed by atoms with E-state index in [1.54, 1.807) is 30.3 Å². The van der Waals surface area contributed by atoms with E-state index in [0.717, 1.165) is 16.0 Å². The molecule has 2 amide bonds. The highest BCUT2D eigenvalue weighted by molar-refractivity contribution is 7.98. The molecule has 0 saturated carbocycles.